The van der Waals surface area contributed by atoms with Crippen LogP contribution >= 0.6 is 34.9 Å². The van der Waals surface area contributed by atoms with Crippen LogP contribution in [0, 0.1) is 0 Å². The number of amides is 2. The Morgan fingerprint density at radius 3 is 2.84 bits per heavy atom. The summed E-state index contributed by atoms with van der Waals surface area (Å²) in [5.74, 6) is -1.89. The molecule has 0 radical (unpaired) electrons. The molecular weight excluding hydrogens is 558 g/mol. The van der Waals surface area contributed by atoms with Gasteiger partial charge in [0.2, 0.25) is 5.16 Å². The maximum Gasteiger partial charge on any atom is 0.352 e. The van der Waals surface area contributed by atoms with E-state index < -0.39 is 29.2 Å². The standard InChI is InChI=1S/C19H25N11O5S3/c20-2-1-5-35-26-11(10-8-37-18(22)23-10)14(31)24-12-15(32)30-13(17(33)34)9(6-36-16(12)30)7-38-19-25-27-28-29(19)4-3-21/h8,12,16H,1-7,20-21H2,(H2,22,23)(H,24,31)(H,33,34)/t12?,16-/m0/s1. The molecular formula is C19H25N11O5S3. The molecule has 19 heteroatoms. The lowest BCUT2D eigenvalue weighted by Gasteiger charge is -2.49. The number of hydrogen-bond donors (Lipinski definition) is 5. The molecule has 0 aromatic carbocycles. The number of hydrogen-bond acceptors (Lipinski definition) is 15. The average Bonchev–Trinajstić information content (AvgIpc) is 3.53. The molecule has 1 fully saturated rings. The van der Waals surface area contributed by atoms with Crippen LogP contribution < -0.4 is 22.5 Å². The van der Waals surface area contributed by atoms with Crippen LogP contribution in [0.15, 0.2) is 27.0 Å². The zero-order valence-corrected chi connectivity index (χ0v) is 22.3. The third-order valence-electron chi connectivity index (χ3n) is 5.33. The summed E-state index contributed by atoms with van der Waals surface area (Å²) < 4.78 is 1.53. The molecule has 1 saturated heterocycles. The highest BCUT2D eigenvalue weighted by Crippen LogP contribution is 2.41. The number of thioether (sulfide) groups is 2. The van der Waals surface area contributed by atoms with Crippen molar-refractivity contribution in [2.75, 3.05) is 36.9 Å². The zero-order chi connectivity index (χ0) is 27.2. The summed E-state index contributed by atoms with van der Waals surface area (Å²) in [4.78, 5) is 48.7. The van der Waals surface area contributed by atoms with Gasteiger partial charge in [0.15, 0.2) is 10.8 Å². The average molecular weight is 584 g/mol. The topological polar surface area (TPSA) is 243 Å². The largest absolute Gasteiger partial charge is 0.477 e. The summed E-state index contributed by atoms with van der Waals surface area (Å²) >= 11 is 3.71. The van der Waals surface area contributed by atoms with Crippen molar-refractivity contribution < 1.29 is 24.3 Å². The summed E-state index contributed by atoms with van der Waals surface area (Å²) in [5.41, 5.74) is 17.2. The summed E-state index contributed by atoms with van der Waals surface area (Å²) in [6.07, 6.45) is 0.527. The number of anilines is 1. The van der Waals surface area contributed by atoms with E-state index in [4.69, 9.17) is 22.0 Å². The van der Waals surface area contributed by atoms with E-state index in [1.165, 1.54) is 33.1 Å². The monoisotopic (exact) mass is 583 g/mol. The number of nitrogens with one attached hydrogen (secondary N) is 1. The van der Waals surface area contributed by atoms with Gasteiger partial charge in [-0.3, -0.25) is 14.5 Å². The highest BCUT2D eigenvalue weighted by Gasteiger charge is 2.54. The Balaban J connectivity index is 1.47. The first-order valence-electron chi connectivity index (χ1n) is 11.3. The van der Waals surface area contributed by atoms with Gasteiger partial charge in [-0.1, -0.05) is 16.9 Å². The zero-order valence-electron chi connectivity index (χ0n) is 19.8. The Labute approximate surface area is 228 Å². The molecule has 2 aromatic heterocycles. The minimum Gasteiger partial charge on any atom is -0.477 e. The van der Waals surface area contributed by atoms with Crippen molar-refractivity contribution >= 4 is 63.5 Å². The molecule has 2 amide bonds. The highest BCUT2D eigenvalue weighted by molar-refractivity contribution is 8.01. The molecule has 4 heterocycles. The fourth-order valence-electron chi connectivity index (χ4n) is 3.58. The molecule has 0 saturated carbocycles. The van der Waals surface area contributed by atoms with E-state index in [1.54, 1.807) is 5.38 Å². The number of thiazole rings is 1. The molecule has 2 atom stereocenters. The van der Waals surface area contributed by atoms with E-state index in [9.17, 15) is 19.5 Å². The van der Waals surface area contributed by atoms with Crippen molar-refractivity contribution in [1.82, 2.24) is 35.4 Å². The molecule has 38 heavy (non-hydrogen) atoms. The lowest BCUT2D eigenvalue weighted by atomic mass is 10.0. The molecule has 4 rings (SSSR count). The fourth-order valence-corrected chi connectivity index (χ4v) is 6.51. The Morgan fingerprint density at radius 2 is 2.16 bits per heavy atom. The van der Waals surface area contributed by atoms with Crippen molar-refractivity contribution in [3.05, 3.63) is 22.3 Å². The molecule has 2 aliphatic rings. The van der Waals surface area contributed by atoms with Gasteiger partial charge in [0.05, 0.1) is 6.54 Å². The van der Waals surface area contributed by atoms with Gasteiger partial charge >= 0.3 is 5.97 Å². The minimum atomic E-state index is -1.24. The van der Waals surface area contributed by atoms with Gasteiger partial charge < -0.3 is 32.5 Å². The maximum absolute atomic E-state index is 13.1. The molecule has 0 bridgehead atoms. The number of carbonyl (C=O) groups is 3. The molecule has 0 aliphatic carbocycles. The van der Waals surface area contributed by atoms with Crippen molar-refractivity contribution in [1.29, 1.82) is 0 Å². The van der Waals surface area contributed by atoms with Crippen molar-refractivity contribution in [3.63, 3.8) is 0 Å². The van der Waals surface area contributed by atoms with Gasteiger partial charge in [0.1, 0.15) is 29.4 Å². The number of oxime groups is 1. The lowest BCUT2D eigenvalue weighted by molar-refractivity contribution is -0.150. The van der Waals surface area contributed by atoms with Crippen LogP contribution in [-0.2, 0) is 25.8 Å². The number of carboxylic acids is 1. The number of nitrogens with zero attached hydrogens (tertiary/aromatic N) is 7. The van der Waals surface area contributed by atoms with Crippen LogP contribution in [0.4, 0.5) is 5.13 Å². The Kier molecular flexibility index (Phi) is 9.15. The minimum absolute atomic E-state index is 0.110. The van der Waals surface area contributed by atoms with Crippen LogP contribution in [0.25, 0.3) is 0 Å². The number of rotatable bonds is 13. The summed E-state index contributed by atoms with van der Waals surface area (Å²) in [6, 6.07) is -0.960. The summed E-state index contributed by atoms with van der Waals surface area (Å²) in [7, 11) is 0. The van der Waals surface area contributed by atoms with E-state index in [-0.39, 0.29) is 34.6 Å². The number of nitrogens with two attached hydrogens (primary N) is 3. The van der Waals surface area contributed by atoms with E-state index in [2.05, 4.69) is 31.0 Å². The maximum atomic E-state index is 13.1. The third-order valence-corrected chi connectivity index (χ3v) is 8.38. The number of fused-ring (bicyclic) bond motifs is 1. The van der Waals surface area contributed by atoms with Gasteiger partial charge in [-0.25, -0.2) is 14.5 Å². The second-order valence-corrected chi connectivity index (χ2v) is 10.8. The first-order valence-corrected chi connectivity index (χ1v) is 14.2. The second-order valence-electron chi connectivity index (χ2n) is 7.87. The molecule has 0 spiro atoms. The van der Waals surface area contributed by atoms with E-state index >= 15 is 0 Å². The summed E-state index contributed by atoms with van der Waals surface area (Å²) in [6.45, 7) is 1.33. The number of tetrazole rings is 1. The molecule has 16 nitrogen and oxygen atoms in total. The van der Waals surface area contributed by atoms with Gasteiger partial charge in [0.25, 0.3) is 11.8 Å². The smallest absolute Gasteiger partial charge is 0.352 e. The molecule has 2 aromatic rings. The van der Waals surface area contributed by atoms with Crippen molar-refractivity contribution in [3.8, 4) is 0 Å². The number of β-lactam (4-membered cyclic amide) rings is 1. The molecule has 2 aliphatic heterocycles. The van der Waals surface area contributed by atoms with E-state index in [0.29, 0.717) is 42.5 Å². The van der Waals surface area contributed by atoms with Crippen LogP contribution in [0.5, 0.6) is 0 Å². The fraction of sp³-hybridized carbons (Fsp3) is 0.474. The molecule has 1 unspecified atom stereocenters. The van der Waals surface area contributed by atoms with Crippen molar-refractivity contribution in [2.24, 2.45) is 16.6 Å². The Morgan fingerprint density at radius 1 is 1.34 bits per heavy atom. The predicted molar refractivity (Wildman–Crippen MR) is 140 cm³/mol. The number of aliphatic carboxylic acids is 1. The van der Waals surface area contributed by atoms with Crippen LogP contribution in [0.3, 0.4) is 0 Å². The number of nitrogen functional groups attached to an aromatic ring is 1. The van der Waals surface area contributed by atoms with E-state index in [1.807, 2.05) is 0 Å². The van der Waals surface area contributed by atoms with Crippen molar-refractivity contribution in [2.45, 2.75) is 29.5 Å². The normalized spacial score (nSPS) is 19.3. The predicted octanol–water partition coefficient (Wildman–Crippen LogP) is -1.73. The lowest BCUT2D eigenvalue weighted by Crippen LogP contribution is -2.71. The number of carboxylic acid groups (broad SMARTS) is 1. The van der Waals surface area contributed by atoms with Gasteiger partial charge in [-0.05, 0) is 29.0 Å². The summed E-state index contributed by atoms with van der Waals surface area (Å²) in [5, 5.41) is 29.5. The van der Waals surface area contributed by atoms with Crippen LogP contribution in [-0.4, -0.2) is 101 Å². The quantitative estimate of drug-likeness (QED) is 0.0578. The second kappa shape index (κ2) is 12.5. The van der Waals surface area contributed by atoms with Crippen LogP contribution in [0.2, 0.25) is 0 Å². The molecule has 8 N–H and O–H groups in total. The van der Waals surface area contributed by atoms with Crippen LogP contribution in [0.1, 0.15) is 12.1 Å². The number of aromatic nitrogens is 5. The van der Waals surface area contributed by atoms with E-state index in [0.717, 1.165) is 11.3 Å². The first-order chi connectivity index (χ1) is 18.3. The van der Waals surface area contributed by atoms with Gasteiger partial charge in [-0.2, -0.15) is 0 Å². The van der Waals surface area contributed by atoms with Gasteiger partial charge in [-0.15, -0.1) is 28.2 Å². The van der Waals surface area contributed by atoms with Gasteiger partial charge in [0, 0.05) is 23.4 Å². The molecule has 204 valence electrons. The highest BCUT2D eigenvalue weighted by atomic mass is 32.2. The SMILES string of the molecule is NCCCON=C(C(=O)NC1C(=O)N2C(C(=O)O)=C(CSc3nnnn3CCN)CS[C@@H]12)c1csc(N)n1. The Bertz CT molecular complexity index is 1260. The Hall–Kier alpha value is -3.26. The number of carbonyl (C=O) groups excluding carboxylic acids is 2. The first kappa shape index (κ1) is 27.8. The third kappa shape index (κ3) is 5.90.